The number of nitrogens with zero attached hydrogens (tertiary/aromatic N) is 3. The van der Waals surface area contributed by atoms with Crippen molar-refractivity contribution in [2.24, 2.45) is 16.0 Å². The number of primary amides is 1. The van der Waals surface area contributed by atoms with Crippen molar-refractivity contribution in [3.8, 4) is 6.07 Å². The molecule has 0 aliphatic heterocycles. The molecular weight excluding hydrogens is 184 g/mol. The van der Waals surface area contributed by atoms with Crippen LogP contribution in [-0.4, -0.2) is 17.4 Å². The Morgan fingerprint density at radius 2 is 2.14 bits per heavy atom. The summed E-state index contributed by atoms with van der Waals surface area (Å²) in [7, 11) is 0. The first kappa shape index (κ1) is 12.2. The number of hydrogen-bond acceptors (Lipinski definition) is 4. The molecule has 0 saturated carbocycles. The van der Waals surface area contributed by atoms with Crippen molar-refractivity contribution in [2.45, 2.75) is 32.2 Å². The summed E-state index contributed by atoms with van der Waals surface area (Å²) in [5.74, 6) is -0.0410. The lowest BCUT2D eigenvalue weighted by atomic mass is 9.98. The van der Waals surface area contributed by atoms with Crippen LogP contribution in [0.4, 0.5) is 4.79 Å². The van der Waals surface area contributed by atoms with Crippen LogP contribution in [0.25, 0.3) is 0 Å². The summed E-state index contributed by atoms with van der Waals surface area (Å²) >= 11 is 0. The number of Topliss-reactive ketones (excluding diaryl/α,β-unsaturated/α-hetero) is 1. The second-order valence-electron chi connectivity index (χ2n) is 3.13. The van der Waals surface area contributed by atoms with Crippen LogP contribution in [0.1, 0.15) is 26.7 Å². The Balaban J connectivity index is 4.42. The first-order chi connectivity index (χ1) is 6.39. The van der Waals surface area contributed by atoms with Gasteiger partial charge in [-0.05, 0) is 20.3 Å². The minimum atomic E-state index is -1.15. The highest BCUT2D eigenvalue weighted by Crippen LogP contribution is 2.17. The molecule has 0 radical (unpaired) electrons. The normalized spacial score (nSPS) is 14.6. The van der Waals surface area contributed by atoms with Crippen LogP contribution in [0.5, 0.6) is 0 Å². The summed E-state index contributed by atoms with van der Waals surface area (Å²) in [6.45, 7) is 2.91. The minimum Gasteiger partial charge on any atom is -0.348 e. The van der Waals surface area contributed by atoms with Gasteiger partial charge in [0.1, 0.15) is 5.78 Å². The molecule has 1 atom stereocenters. The molecule has 0 spiro atoms. The van der Waals surface area contributed by atoms with Crippen molar-refractivity contribution in [3.05, 3.63) is 0 Å². The Morgan fingerprint density at radius 1 is 1.57 bits per heavy atom. The Labute approximate surface area is 81.8 Å². The first-order valence-corrected chi connectivity index (χ1v) is 4.02. The maximum atomic E-state index is 10.7. The van der Waals surface area contributed by atoms with Crippen LogP contribution in [0.3, 0.4) is 0 Å². The number of ketones is 1. The molecule has 0 aliphatic carbocycles. The van der Waals surface area contributed by atoms with Gasteiger partial charge in [0, 0.05) is 6.42 Å². The molecule has 6 nitrogen and oxygen atoms in total. The SMILES string of the molecule is CC(=O)CCC(C)(C#N)N=NC(N)=O. The van der Waals surface area contributed by atoms with E-state index in [0.29, 0.717) is 0 Å². The summed E-state index contributed by atoms with van der Waals surface area (Å²) in [5, 5.41) is 15.3. The van der Waals surface area contributed by atoms with E-state index in [1.165, 1.54) is 13.8 Å². The molecule has 1 unspecified atom stereocenters. The monoisotopic (exact) mass is 196 g/mol. The number of urea groups is 1. The molecule has 0 aromatic heterocycles. The molecule has 2 N–H and O–H groups in total. The van der Waals surface area contributed by atoms with Gasteiger partial charge >= 0.3 is 6.03 Å². The summed E-state index contributed by atoms with van der Waals surface area (Å²) in [4.78, 5) is 21.0. The highest BCUT2D eigenvalue weighted by atomic mass is 16.2. The number of azo groups is 1. The standard InChI is InChI=1S/C8H12N4O2/c1-6(13)3-4-8(2,5-9)12-11-7(10)14/h3-4H2,1-2H3,(H2,10,14). The van der Waals surface area contributed by atoms with Crippen LogP contribution >= 0.6 is 0 Å². The third-order valence-corrected chi connectivity index (χ3v) is 1.57. The zero-order valence-electron chi connectivity index (χ0n) is 8.15. The van der Waals surface area contributed by atoms with Crippen LogP contribution in [-0.2, 0) is 4.79 Å². The van der Waals surface area contributed by atoms with E-state index >= 15 is 0 Å². The van der Waals surface area contributed by atoms with E-state index in [-0.39, 0.29) is 18.6 Å². The smallest absolute Gasteiger partial charge is 0.348 e. The van der Waals surface area contributed by atoms with E-state index in [1.807, 2.05) is 6.07 Å². The molecule has 0 aromatic carbocycles. The second-order valence-corrected chi connectivity index (χ2v) is 3.13. The number of nitriles is 1. The van der Waals surface area contributed by atoms with Gasteiger partial charge < -0.3 is 10.5 Å². The highest BCUT2D eigenvalue weighted by Gasteiger charge is 2.23. The zero-order valence-corrected chi connectivity index (χ0v) is 8.15. The summed E-state index contributed by atoms with van der Waals surface area (Å²) < 4.78 is 0. The highest BCUT2D eigenvalue weighted by molar-refractivity contribution is 5.75. The Bertz CT molecular complexity index is 305. The molecule has 6 heteroatoms. The van der Waals surface area contributed by atoms with E-state index in [0.717, 1.165) is 0 Å². The zero-order chi connectivity index (χ0) is 11.2. The van der Waals surface area contributed by atoms with Crippen LogP contribution in [0, 0.1) is 11.3 Å². The second kappa shape index (κ2) is 5.07. The molecule has 14 heavy (non-hydrogen) atoms. The molecule has 2 amide bonds. The summed E-state index contributed by atoms with van der Waals surface area (Å²) in [5.41, 5.74) is 3.58. The molecule has 0 saturated heterocycles. The van der Waals surface area contributed by atoms with E-state index in [9.17, 15) is 9.59 Å². The number of hydrogen-bond donors (Lipinski definition) is 1. The predicted molar refractivity (Wildman–Crippen MR) is 48.4 cm³/mol. The Hall–Kier alpha value is -1.77. The summed E-state index contributed by atoms with van der Waals surface area (Å²) in [6, 6.07) is 0.919. The minimum absolute atomic E-state index is 0.0410. The maximum absolute atomic E-state index is 10.7. The van der Waals surface area contributed by atoms with Crippen molar-refractivity contribution in [3.63, 3.8) is 0 Å². The van der Waals surface area contributed by atoms with Crippen molar-refractivity contribution in [1.29, 1.82) is 5.26 Å². The lowest BCUT2D eigenvalue weighted by Crippen LogP contribution is -2.20. The van der Waals surface area contributed by atoms with Gasteiger partial charge in [0.25, 0.3) is 0 Å². The number of carbonyl (C=O) groups excluding carboxylic acids is 2. The van der Waals surface area contributed by atoms with Crippen molar-refractivity contribution in [2.75, 3.05) is 0 Å². The fraction of sp³-hybridized carbons (Fsp3) is 0.625. The maximum Gasteiger partial charge on any atom is 0.356 e. The quantitative estimate of drug-likeness (QED) is 0.681. The lowest BCUT2D eigenvalue weighted by molar-refractivity contribution is -0.117. The van der Waals surface area contributed by atoms with Gasteiger partial charge in [0.2, 0.25) is 0 Å². The number of carbonyl (C=O) groups is 2. The molecular formula is C8H12N4O2. The van der Waals surface area contributed by atoms with Gasteiger partial charge in [0.05, 0.1) is 6.07 Å². The average Bonchev–Trinajstić information content (AvgIpc) is 2.11. The van der Waals surface area contributed by atoms with Gasteiger partial charge in [-0.1, -0.05) is 5.11 Å². The number of nitrogens with two attached hydrogens (primary N) is 1. The first-order valence-electron chi connectivity index (χ1n) is 4.02. The molecule has 0 aromatic rings. The van der Waals surface area contributed by atoms with Crippen molar-refractivity contribution < 1.29 is 9.59 Å². The van der Waals surface area contributed by atoms with Gasteiger partial charge in [-0.3, -0.25) is 0 Å². The number of amides is 2. The van der Waals surface area contributed by atoms with Crippen molar-refractivity contribution >= 4 is 11.8 Å². The molecule has 0 heterocycles. The predicted octanol–water partition coefficient (Wildman–Crippen LogP) is 1.17. The molecule has 76 valence electrons. The van der Waals surface area contributed by atoms with Gasteiger partial charge in [-0.25, -0.2) is 4.79 Å². The largest absolute Gasteiger partial charge is 0.356 e. The molecule has 0 rings (SSSR count). The van der Waals surface area contributed by atoms with Crippen LogP contribution in [0.2, 0.25) is 0 Å². The number of rotatable bonds is 4. The Kier molecular flexibility index (Phi) is 4.43. The van der Waals surface area contributed by atoms with Crippen molar-refractivity contribution in [1.82, 2.24) is 0 Å². The van der Waals surface area contributed by atoms with E-state index in [2.05, 4.69) is 10.2 Å². The third kappa shape index (κ3) is 4.98. The fourth-order valence-corrected chi connectivity index (χ4v) is 0.707. The molecule has 0 fully saturated rings. The summed E-state index contributed by atoms with van der Waals surface area (Å²) in [6.07, 6.45) is 0.456. The average molecular weight is 196 g/mol. The van der Waals surface area contributed by atoms with Gasteiger partial charge in [-0.15, -0.1) is 0 Å². The van der Waals surface area contributed by atoms with Crippen LogP contribution in [0.15, 0.2) is 10.2 Å². The molecule has 0 aliphatic rings. The third-order valence-electron chi connectivity index (χ3n) is 1.57. The van der Waals surface area contributed by atoms with Crippen LogP contribution < -0.4 is 5.73 Å². The van der Waals surface area contributed by atoms with Gasteiger partial charge in [-0.2, -0.15) is 10.4 Å². The molecule has 0 bridgehead atoms. The fourth-order valence-electron chi connectivity index (χ4n) is 0.707. The van der Waals surface area contributed by atoms with E-state index in [1.54, 1.807) is 0 Å². The lowest BCUT2D eigenvalue weighted by Gasteiger charge is -2.12. The Morgan fingerprint density at radius 3 is 2.50 bits per heavy atom. The topological polar surface area (TPSA) is 109 Å². The van der Waals surface area contributed by atoms with E-state index in [4.69, 9.17) is 11.0 Å². The van der Waals surface area contributed by atoms with Gasteiger partial charge in [0.15, 0.2) is 5.54 Å². The van der Waals surface area contributed by atoms with E-state index < -0.39 is 11.6 Å².